The number of amides is 5. The molecule has 22 heteroatoms. The number of carboxylic acid groups (broad SMARTS) is 1. The SMILES string of the molecule is CC(C)C[C@H](NC(=O)[C@@H](N)Cc1c[nH]cn1)C(=O)N[C@@H](Cc1c[nH]cn1)C(=O)N[C@@H](CCCCN)C(=O)N[C@@H](Cc1c[nH]cn1)C(=O)N[C@@H](Cc1c[nH]cn1)C(=O)O. The molecule has 4 heterocycles. The molecule has 14 N–H and O–H groups in total. The molecule has 314 valence electrons. The number of H-pyrrole nitrogens is 4. The van der Waals surface area contributed by atoms with Gasteiger partial charge in [-0.25, -0.2) is 24.7 Å². The Bertz CT molecular complexity index is 1870. The third kappa shape index (κ3) is 14.3. The summed E-state index contributed by atoms with van der Waals surface area (Å²) in [5, 5.41) is 23.2. The Morgan fingerprint density at radius 2 is 0.948 bits per heavy atom. The van der Waals surface area contributed by atoms with E-state index in [0.717, 1.165) is 0 Å². The fourth-order valence-corrected chi connectivity index (χ4v) is 6.01. The summed E-state index contributed by atoms with van der Waals surface area (Å²) in [4.78, 5) is 108. The van der Waals surface area contributed by atoms with Gasteiger partial charge in [0.2, 0.25) is 29.5 Å². The zero-order valence-electron chi connectivity index (χ0n) is 32.4. The summed E-state index contributed by atoms with van der Waals surface area (Å²) in [5.41, 5.74) is 13.7. The van der Waals surface area contributed by atoms with Gasteiger partial charge in [-0.2, -0.15) is 0 Å². The maximum Gasteiger partial charge on any atom is 0.326 e. The topological polar surface area (TPSA) is 350 Å². The molecule has 0 unspecified atom stereocenters. The molecular weight excluding hydrogens is 754 g/mol. The molecule has 0 aliphatic heterocycles. The minimum atomic E-state index is -1.38. The zero-order chi connectivity index (χ0) is 42.0. The third-order valence-electron chi connectivity index (χ3n) is 9.03. The van der Waals surface area contributed by atoms with Crippen LogP contribution in [0.3, 0.4) is 0 Å². The molecular formula is C36H53N15O7. The van der Waals surface area contributed by atoms with Gasteiger partial charge in [-0.05, 0) is 38.1 Å². The van der Waals surface area contributed by atoms with E-state index >= 15 is 0 Å². The summed E-state index contributed by atoms with van der Waals surface area (Å²) in [5.74, 6) is -4.91. The first-order valence-corrected chi connectivity index (χ1v) is 18.9. The van der Waals surface area contributed by atoms with Crippen molar-refractivity contribution in [2.75, 3.05) is 6.54 Å². The molecule has 4 aromatic heterocycles. The zero-order valence-corrected chi connectivity index (χ0v) is 32.4. The van der Waals surface area contributed by atoms with Crippen LogP contribution in [0.4, 0.5) is 0 Å². The number of carboxylic acids is 1. The van der Waals surface area contributed by atoms with Crippen LogP contribution in [0.5, 0.6) is 0 Å². The first-order valence-electron chi connectivity index (χ1n) is 18.9. The maximum absolute atomic E-state index is 14.1. The van der Waals surface area contributed by atoms with Crippen LogP contribution in [-0.2, 0) is 54.5 Å². The van der Waals surface area contributed by atoms with Gasteiger partial charge in [-0.15, -0.1) is 0 Å². The smallest absolute Gasteiger partial charge is 0.326 e. The summed E-state index contributed by atoms with van der Waals surface area (Å²) < 4.78 is 0. The number of hydrogen-bond acceptors (Lipinski definition) is 12. The summed E-state index contributed by atoms with van der Waals surface area (Å²) in [6, 6.07) is -7.27. The van der Waals surface area contributed by atoms with Gasteiger partial charge >= 0.3 is 5.97 Å². The van der Waals surface area contributed by atoms with Crippen molar-refractivity contribution in [2.24, 2.45) is 17.4 Å². The fraction of sp³-hybridized carbons (Fsp3) is 0.500. The number of aromatic nitrogens is 8. The predicted octanol–water partition coefficient (Wildman–Crippen LogP) is -2.14. The van der Waals surface area contributed by atoms with E-state index in [-0.39, 0.29) is 44.4 Å². The highest BCUT2D eigenvalue weighted by molar-refractivity contribution is 5.96. The lowest BCUT2D eigenvalue weighted by atomic mass is 10.0. The molecule has 0 bridgehead atoms. The number of nitrogens with zero attached hydrogens (tertiary/aromatic N) is 4. The predicted molar refractivity (Wildman–Crippen MR) is 207 cm³/mol. The van der Waals surface area contributed by atoms with Crippen molar-refractivity contribution < 1.29 is 33.9 Å². The van der Waals surface area contributed by atoms with E-state index in [4.69, 9.17) is 11.5 Å². The molecule has 0 fully saturated rings. The Morgan fingerprint density at radius 3 is 1.36 bits per heavy atom. The second-order valence-corrected chi connectivity index (χ2v) is 14.2. The van der Waals surface area contributed by atoms with Crippen LogP contribution in [0.2, 0.25) is 0 Å². The van der Waals surface area contributed by atoms with Crippen molar-refractivity contribution in [2.45, 2.75) is 101 Å². The van der Waals surface area contributed by atoms with E-state index < -0.39 is 71.8 Å². The number of nitrogens with two attached hydrogens (primary N) is 2. The van der Waals surface area contributed by atoms with Crippen LogP contribution in [-0.4, -0.2) is 123 Å². The average molecular weight is 808 g/mol. The Hall–Kier alpha value is -6.42. The molecule has 0 saturated heterocycles. The van der Waals surface area contributed by atoms with Gasteiger partial charge in [0.15, 0.2) is 0 Å². The number of nitrogens with one attached hydrogen (secondary N) is 9. The minimum Gasteiger partial charge on any atom is -0.480 e. The van der Waals surface area contributed by atoms with Gasteiger partial charge in [-0.3, -0.25) is 24.0 Å². The number of unbranched alkanes of at least 4 members (excludes halogenated alkanes) is 1. The average Bonchev–Trinajstić information content (AvgIpc) is 4.03. The van der Waals surface area contributed by atoms with Crippen LogP contribution in [0.25, 0.3) is 0 Å². The molecule has 0 aliphatic rings. The van der Waals surface area contributed by atoms with Gasteiger partial charge in [0.1, 0.15) is 30.2 Å². The highest BCUT2D eigenvalue weighted by Gasteiger charge is 2.34. The van der Waals surface area contributed by atoms with E-state index in [1.165, 1.54) is 37.7 Å². The van der Waals surface area contributed by atoms with Crippen LogP contribution < -0.4 is 38.1 Å². The number of carbonyl (C=O) groups excluding carboxylic acids is 5. The Labute approximate surface area is 333 Å². The Kier molecular flexibility index (Phi) is 17.1. The lowest BCUT2D eigenvalue weighted by Gasteiger charge is -2.27. The molecule has 58 heavy (non-hydrogen) atoms. The summed E-state index contributed by atoms with van der Waals surface area (Å²) >= 11 is 0. The Balaban J connectivity index is 1.53. The Morgan fingerprint density at radius 1 is 0.569 bits per heavy atom. The van der Waals surface area contributed by atoms with Crippen molar-refractivity contribution in [3.05, 3.63) is 72.9 Å². The van der Waals surface area contributed by atoms with E-state index in [0.29, 0.717) is 42.2 Å². The van der Waals surface area contributed by atoms with Crippen molar-refractivity contribution in [1.82, 2.24) is 66.5 Å². The third-order valence-corrected chi connectivity index (χ3v) is 9.03. The van der Waals surface area contributed by atoms with Crippen molar-refractivity contribution in [1.29, 1.82) is 0 Å². The molecule has 0 aromatic carbocycles. The lowest BCUT2D eigenvalue weighted by molar-refractivity contribution is -0.142. The van der Waals surface area contributed by atoms with E-state index in [9.17, 15) is 33.9 Å². The van der Waals surface area contributed by atoms with Gasteiger partial charge in [0, 0.05) is 50.5 Å². The number of hydrogen-bond donors (Lipinski definition) is 12. The highest BCUT2D eigenvalue weighted by atomic mass is 16.4. The monoisotopic (exact) mass is 807 g/mol. The quantitative estimate of drug-likeness (QED) is 0.0319. The summed E-state index contributed by atoms with van der Waals surface area (Å²) in [6.45, 7) is 4.05. The van der Waals surface area contributed by atoms with Crippen molar-refractivity contribution in [3.63, 3.8) is 0 Å². The van der Waals surface area contributed by atoms with Gasteiger partial charge < -0.3 is 63.1 Å². The number of aromatic amines is 4. The van der Waals surface area contributed by atoms with Crippen LogP contribution in [0, 0.1) is 5.92 Å². The molecule has 0 radical (unpaired) electrons. The minimum absolute atomic E-state index is 0.0458. The normalized spacial score (nSPS) is 14.4. The summed E-state index contributed by atoms with van der Waals surface area (Å²) in [7, 11) is 0. The molecule has 4 rings (SSSR count). The molecule has 6 atom stereocenters. The molecule has 0 spiro atoms. The first-order chi connectivity index (χ1) is 27.8. The molecule has 4 aromatic rings. The maximum atomic E-state index is 14.1. The molecule has 0 aliphatic carbocycles. The molecule has 5 amide bonds. The van der Waals surface area contributed by atoms with Crippen LogP contribution in [0.1, 0.15) is 62.3 Å². The van der Waals surface area contributed by atoms with E-state index in [2.05, 4.69) is 66.5 Å². The van der Waals surface area contributed by atoms with E-state index in [1.807, 2.05) is 13.8 Å². The van der Waals surface area contributed by atoms with Crippen LogP contribution in [0.15, 0.2) is 50.1 Å². The van der Waals surface area contributed by atoms with Gasteiger partial charge in [0.05, 0.1) is 54.1 Å². The molecule has 0 saturated carbocycles. The van der Waals surface area contributed by atoms with Gasteiger partial charge in [0.25, 0.3) is 0 Å². The highest BCUT2D eigenvalue weighted by Crippen LogP contribution is 2.10. The van der Waals surface area contributed by atoms with Crippen molar-refractivity contribution in [3.8, 4) is 0 Å². The number of imidazole rings is 4. The number of aliphatic carboxylic acids is 1. The standard InChI is InChI=1S/C36H53N15O7/c1-20(2)7-27(48-31(52)25(38)8-21-12-39-16-43-21)33(54)50-28(9-22-13-40-17-44-22)34(55)47-26(5-3-4-6-37)32(53)49-29(10-23-14-41-18-45-23)35(56)51-30(36(57)58)11-24-15-42-19-46-24/h12-20,25-30H,3-11,37-38H2,1-2H3,(H,39,43)(H,40,44)(H,41,45)(H,42,46)(H,47,55)(H,48,52)(H,49,53)(H,50,54)(H,51,56)(H,57,58)/t25-,26-,27-,28-,29-,30-/m0/s1. The fourth-order valence-electron chi connectivity index (χ4n) is 6.01. The molecule has 22 nitrogen and oxygen atoms in total. The second-order valence-electron chi connectivity index (χ2n) is 14.2. The number of carbonyl (C=O) groups is 6. The van der Waals surface area contributed by atoms with E-state index in [1.54, 1.807) is 12.4 Å². The van der Waals surface area contributed by atoms with Gasteiger partial charge in [-0.1, -0.05) is 13.8 Å². The van der Waals surface area contributed by atoms with Crippen molar-refractivity contribution >= 4 is 35.5 Å². The van der Waals surface area contributed by atoms with Crippen LogP contribution >= 0.6 is 0 Å². The second kappa shape index (κ2) is 22.4. The lowest BCUT2D eigenvalue weighted by Crippen LogP contribution is -2.60. The number of rotatable bonds is 25. The largest absolute Gasteiger partial charge is 0.480 e. The first kappa shape index (κ1) is 44.3. The summed E-state index contributed by atoms with van der Waals surface area (Å²) in [6.07, 6.45) is 12.9.